The molecule has 8 nitrogen and oxygen atoms in total. The van der Waals surface area contributed by atoms with Gasteiger partial charge in [-0.3, -0.25) is 9.69 Å². The second-order valence-corrected chi connectivity index (χ2v) is 10.3. The van der Waals surface area contributed by atoms with E-state index in [1.165, 1.54) is 11.1 Å². The van der Waals surface area contributed by atoms with Crippen molar-refractivity contribution in [1.29, 1.82) is 0 Å². The van der Waals surface area contributed by atoms with Gasteiger partial charge < -0.3 is 20.5 Å². The molecule has 0 saturated carbocycles. The maximum Gasteiger partial charge on any atom is 0.251 e. The molecule has 3 aromatic rings. The number of nitrogens with one attached hydrogen (secondary N) is 1. The molecular weight excluding hydrogens is 485 g/mol. The van der Waals surface area contributed by atoms with Crippen LogP contribution in [0.25, 0.3) is 22.5 Å². The molecule has 2 saturated heterocycles. The van der Waals surface area contributed by atoms with Crippen LogP contribution >= 0.6 is 0 Å². The maximum absolute atomic E-state index is 15.2. The van der Waals surface area contributed by atoms with Gasteiger partial charge in [0.15, 0.2) is 5.82 Å². The van der Waals surface area contributed by atoms with Crippen molar-refractivity contribution >= 4 is 11.7 Å². The van der Waals surface area contributed by atoms with Crippen LogP contribution in [0.2, 0.25) is 0 Å². The molecule has 6 rings (SSSR count). The van der Waals surface area contributed by atoms with Crippen molar-refractivity contribution in [3.63, 3.8) is 0 Å². The summed E-state index contributed by atoms with van der Waals surface area (Å²) in [4.78, 5) is 23.2. The van der Waals surface area contributed by atoms with Gasteiger partial charge in [0, 0.05) is 63.2 Å². The minimum atomic E-state index is -0.697. The molecule has 0 radical (unpaired) electrons. The van der Waals surface area contributed by atoms with Crippen LogP contribution in [-0.2, 0) is 22.4 Å². The summed E-state index contributed by atoms with van der Waals surface area (Å²) in [5, 5.41) is 2.85. The zero-order valence-electron chi connectivity index (χ0n) is 21.5. The SMILES string of the molecule is COC1CN(Cc2cc(-c3nc(-c4ccc5c(c4)CCNC5=O)c(N)nc3F)ccc2C2CCOCC2)C1. The van der Waals surface area contributed by atoms with E-state index in [0.717, 1.165) is 56.8 Å². The van der Waals surface area contributed by atoms with Crippen molar-refractivity contribution in [1.82, 2.24) is 20.2 Å². The second-order valence-electron chi connectivity index (χ2n) is 10.3. The number of likely N-dealkylation sites (tertiary alicyclic amines) is 1. The van der Waals surface area contributed by atoms with Crippen LogP contribution in [0.4, 0.5) is 10.2 Å². The highest BCUT2D eigenvalue weighted by atomic mass is 19.1. The highest BCUT2D eigenvalue weighted by Crippen LogP contribution is 2.35. The molecule has 4 heterocycles. The quantitative estimate of drug-likeness (QED) is 0.516. The first-order valence-electron chi connectivity index (χ1n) is 13.2. The smallest absolute Gasteiger partial charge is 0.251 e. The first-order chi connectivity index (χ1) is 18.5. The molecule has 3 aliphatic heterocycles. The van der Waals surface area contributed by atoms with E-state index >= 15 is 4.39 Å². The van der Waals surface area contributed by atoms with Crippen molar-refractivity contribution in [2.24, 2.45) is 0 Å². The number of aromatic nitrogens is 2. The van der Waals surface area contributed by atoms with Gasteiger partial charge in [-0.15, -0.1) is 0 Å². The van der Waals surface area contributed by atoms with Gasteiger partial charge in [-0.2, -0.15) is 9.37 Å². The third-order valence-corrected chi connectivity index (χ3v) is 7.91. The highest BCUT2D eigenvalue weighted by molar-refractivity contribution is 5.97. The summed E-state index contributed by atoms with van der Waals surface area (Å²) < 4.78 is 26.3. The van der Waals surface area contributed by atoms with E-state index < -0.39 is 5.95 Å². The predicted octanol–water partition coefficient (Wildman–Crippen LogP) is 3.54. The van der Waals surface area contributed by atoms with E-state index in [0.29, 0.717) is 35.7 Å². The monoisotopic (exact) mass is 517 g/mol. The first-order valence-corrected chi connectivity index (χ1v) is 13.2. The number of halogens is 1. The summed E-state index contributed by atoms with van der Waals surface area (Å²) in [6, 6.07) is 11.6. The summed E-state index contributed by atoms with van der Waals surface area (Å²) in [5.41, 5.74) is 12.1. The topological polar surface area (TPSA) is 103 Å². The fraction of sp³-hybridized carbons (Fsp3) is 0.414. The number of hydrogen-bond acceptors (Lipinski definition) is 7. The molecule has 0 bridgehead atoms. The lowest BCUT2D eigenvalue weighted by Gasteiger charge is -2.39. The summed E-state index contributed by atoms with van der Waals surface area (Å²) in [6.07, 6.45) is 2.93. The number of benzene rings is 2. The Morgan fingerprint density at radius 3 is 2.66 bits per heavy atom. The van der Waals surface area contributed by atoms with E-state index in [1.807, 2.05) is 12.1 Å². The van der Waals surface area contributed by atoms with Gasteiger partial charge in [0.25, 0.3) is 5.91 Å². The largest absolute Gasteiger partial charge is 0.382 e. The van der Waals surface area contributed by atoms with Crippen molar-refractivity contribution in [3.8, 4) is 22.5 Å². The highest BCUT2D eigenvalue weighted by Gasteiger charge is 2.29. The lowest BCUT2D eigenvalue weighted by atomic mass is 9.86. The molecule has 0 atom stereocenters. The maximum atomic E-state index is 15.2. The summed E-state index contributed by atoms with van der Waals surface area (Å²) >= 11 is 0. The lowest BCUT2D eigenvalue weighted by Crippen LogP contribution is -2.51. The number of rotatable bonds is 6. The van der Waals surface area contributed by atoms with Crippen molar-refractivity contribution in [3.05, 3.63) is 64.6 Å². The molecule has 9 heteroatoms. The number of amides is 1. The van der Waals surface area contributed by atoms with Gasteiger partial charge in [0.05, 0.1) is 6.10 Å². The second kappa shape index (κ2) is 10.4. The van der Waals surface area contributed by atoms with Crippen LogP contribution in [0, 0.1) is 5.95 Å². The van der Waals surface area contributed by atoms with Crippen molar-refractivity contribution < 1.29 is 18.7 Å². The number of fused-ring (bicyclic) bond motifs is 1. The Kier molecular flexibility index (Phi) is 6.82. The van der Waals surface area contributed by atoms with Gasteiger partial charge in [-0.1, -0.05) is 18.2 Å². The zero-order valence-corrected chi connectivity index (χ0v) is 21.5. The Morgan fingerprint density at radius 2 is 1.87 bits per heavy atom. The molecule has 0 spiro atoms. The van der Waals surface area contributed by atoms with Gasteiger partial charge >= 0.3 is 0 Å². The number of carbonyl (C=O) groups is 1. The van der Waals surface area contributed by atoms with Gasteiger partial charge in [0.1, 0.15) is 11.4 Å². The standard InChI is InChI=1S/C29H32FN5O3/c1-37-22-15-35(16-22)14-21-13-19(2-4-23(21)17-7-10-38-11-8-17)25-27(30)34-28(31)26(33-25)20-3-5-24-18(12-20)6-9-32-29(24)36/h2-5,12-13,17,22H,6-11,14-16H2,1H3,(H2,31,34)(H,32,36). The summed E-state index contributed by atoms with van der Waals surface area (Å²) in [6.45, 7) is 4.62. The fourth-order valence-electron chi connectivity index (χ4n) is 5.74. The predicted molar refractivity (Wildman–Crippen MR) is 142 cm³/mol. The minimum absolute atomic E-state index is 0.0247. The number of nitrogens with two attached hydrogens (primary N) is 1. The number of nitrogens with zero attached hydrogens (tertiary/aromatic N) is 3. The Bertz CT molecular complexity index is 1370. The molecule has 1 amide bonds. The van der Waals surface area contributed by atoms with E-state index in [9.17, 15) is 4.79 Å². The molecule has 2 aromatic carbocycles. The lowest BCUT2D eigenvalue weighted by molar-refractivity contribution is -0.0335. The molecule has 3 N–H and O–H groups in total. The minimum Gasteiger partial charge on any atom is -0.382 e. The first kappa shape index (κ1) is 24.9. The average molecular weight is 518 g/mol. The fourth-order valence-corrected chi connectivity index (χ4v) is 5.74. The Labute approximate surface area is 221 Å². The molecule has 3 aliphatic rings. The zero-order chi connectivity index (χ0) is 26.2. The van der Waals surface area contributed by atoms with Crippen molar-refractivity contribution in [2.75, 3.05) is 45.7 Å². The molecule has 0 unspecified atom stereocenters. The normalized spacial score (nSPS) is 18.6. The summed E-state index contributed by atoms with van der Waals surface area (Å²) in [7, 11) is 1.74. The third-order valence-electron chi connectivity index (χ3n) is 7.91. The number of hydrogen-bond donors (Lipinski definition) is 2. The molecule has 2 fully saturated rings. The average Bonchev–Trinajstić information content (AvgIpc) is 2.91. The van der Waals surface area contributed by atoms with Crippen LogP contribution in [0.5, 0.6) is 0 Å². The molecular formula is C29H32FN5O3. The van der Waals surface area contributed by atoms with E-state index in [-0.39, 0.29) is 23.5 Å². The Balaban J connectivity index is 1.37. The Hall–Kier alpha value is -3.40. The third kappa shape index (κ3) is 4.77. The van der Waals surface area contributed by atoms with Crippen molar-refractivity contribution in [2.45, 2.75) is 37.8 Å². The van der Waals surface area contributed by atoms with Gasteiger partial charge in [0.2, 0.25) is 5.95 Å². The number of nitrogen functional groups attached to an aromatic ring is 1. The summed E-state index contributed by atoms with van der Waals surface area (Å²) in [5.74, 6) is -0.348. The number of carbonyl (C=O) groups excluding carboxylic acids is 1. The molecule has 0 aliphatic carbocycles. The van der Waals surface area contributed by atoms with Crippen LogP contribution in [0.3, 0.4) is 0 Å². The Morgan fingerprint density at radius 1 is 1.11 bits per heavy atom. The number of anilines is 1. The van der Waals surface area contributed by atoms with Crippen LogP contribution in [0.1, 0.15) is 45.8 Å². The number of methoxy groups -OCH3 is 1. The van der Waals surface area contributed by atoms with E-state index in [4.69, 9.17) is 15.2 Å². The molecule has 38 heavy (non-hydrogen) atoms. The van der Waals surface area contributed by atoms with Gasteiger partial charge in [-0.05, 0) is 60.1 Å². The van der Waals surface area contributed by atoms with Crippen LogP contribution < -0.4 is 11.1 Å². The molecule has 198 valence electrons. The van der Waals surface area contributed by atoms with E-state index in [1.54, 1.807) is 19.2 Å². The number of ether oxygens (including phenoxy) is 2. The van der Waals surface area contributed by atoms with Crippen LogP contribution in [-0.4, -0.2) is 66.8 Å². The van der Waals surface area contributed by atoms with Crippen LogP contribution in [0.15, 0.2) is 36.4 Å². The molecule has 1 aromatic heterocycles. The van der Waals surface area contributed by atoms with E-state index in [2.05, 4.69) is 32.3 Å². The van der Waals surface area contributed by atoms with Gasteiger partial charge in [-0.25, -0.2) is 4.98 Å².